The number of amides is 1. The van der Waals surface area contributed by atoms with E-state index >= 15 is 0 Å². The summed E-state index contributed by atoms with van der Waals surface area (Å²) < 4.78 is 9.04. The molecular formula is C13H17Cl3N2O3. The maximum absolute atomic E-state index is 12.1. The van der Waals surface area contributed by atoms with Crippen LogP contribution >= 0.6 is 34.8 Å². The van der Waals surface area contributed by atoms with Gasteiger partial charge in [0.25, 0.3) is 5.91 Å². The van der Waals surface area contributed by atoms with Crippen LogP contribution in [-0.2, 0) is 4.74 Å². The largest absolute Gasteiger partial charge is 0.459 e. The lowest BCUT2D eigenvalue weighted by Crippen LogP contribution is -2.60. The summed E-state index contributed by atoms with van der Waals surface area (Å²) in [6.07, 6.45) is 0.625. The number of hydrogen-bond donors (Lipinski definition) is 1. The molecule has 0 aliphatic carbocycles. The lowest BCUT2D eigenvalue weighted by molar-refractivity contribution is -0.0827. The average molecular weight is 356 g/mol. The molecule has 0 bridgehead atoms. The highest BCUT2D eigenvalue weighted by atomic mass is 35.6. The SMILES string of the molecule is C[C@@H]1CN([C@@H](NC(=O)c2ccco2)C(Cl)(Cl)Cl)C[C@H](C)O1. The Kier molecular flexibility index (Phi) is 5.43. The van der Waals surface area contributed by atoms with Crippen LogP contribution in [0.15, 0.2) is 22.8 Å². The minimum atomic E-state index is -1.67. The molecule has 0 radical (unpaired) electrons. The van der Waals surface area contributed by atoms with Crippen molar-refractivity contribution in [2.24, 2.45) is 0 Å². The Morgan fingerprint density at radius 1 is 1.38 bits per heavy atom. The van der Waals surface area contributed by atoms with Gasteiger partial charge in [-0.15, -0.1) is 0 Å². The average Bonchev–Trinajstić information content (AvgIpc) is 2.86. The van der Waals surface area contributed by atoms with E-state index in [1.807, 2.05) is 18.7 Å². The van der Waals surface area contributed by atoms with Gasteiger partial charge >= 0.3 is 0 Å². The maximum Gasteiger partial charge on any atom is 0.288 e. The van der Waals surface area contributed by atoms with Gasteiger partial charge in [0.15, 0.2) is 5.76 Å². The molecule has 1 aromatic rings. The molecule has 0 aromatic carbocycles. The van der Waals surface area contributed by atoms with Gasteiger partial charge in [-0.25, -0.2) is 0 Å². The van der Waals surface area contributed by atoms with Crippen molar-refractivity contribution in [3.8, 4) is 0 Å². The summed E-state index contributed by atoms with van der Waals surface area (Å²) in [6.45, 7) is 4.99. The first kappa shape index (κ1) is 16.9. The molecule has 0 spiro atoms. The van der Waals surface area contributed by atoms with E-state index in [4.69, 9.17) is 44.0 Å². The Labute approximate surface area is 138 Å². The molecule has 1 aliphatic heterocycles. The number of morpholine rings is 1. The van der Waals surface area contributed by atoms with Gasteiger partial charge in [-0.05, 0) is 26.0 Å². The zero-order valence-corrected chi connectivity index (χ0v) is 14.0. The van der Waals surface area contributed by atoms with Crippen LogP contribution in [0.25, 0.3) is 0 Å². The Bertz CT molecular complexity index is 466. The number of carbonyl (C=O) groups is 1. The topological polar surface area (TPSA) is 54.7 Å². The van der Waals surface area contributed by atoms with Crippen LogP contribution in [0, 0.1) is 0 Å². The molecule has 0 unspecified atom stereocenters. The van der Waals surface area contributed by atoms with Gasteiger partial charge in [0, 0.05) is 13.1 Å². The van der Waals surface area contributed by atoms with Gasteiger partial charge in [-0.2, -0.15) is 0 Å². The third-order valence-electron chi connectivity index (χ3n) is 3.14. The van der Waals surface area contributed by atoms with E-state index in [0.29, 0.717) is 13.1 Å². The number of nitrogens with zero attached hydrogens (tertiary/aromatic N) is 1. The zero-order valence-electron chi connectivity index (χ0n) is 11.7. The highest BCUT2D eigenvalue weighted by molar-refractivity contribution is 6.68. The number of ether oxygens (including phenoxy) is 1. The van der Waals surface area contributed by atoms with Crippen molar-refractivity contribution in [1.82, 2.24) is 10.2 Å². The van der Waals surface area contributed by atoms with E-state index in [0.717, 1.165) is 0 Å². The van der Waals surface area contributed by atoms with E-state index in [1.165, 1.54) is 6.26 Å². The fourth-order valence-corrected chi connectivity index (χ4v) is 2.99. The molecule has 5 nitrogen and oxygen atoms in total. The molecule has 1 N–H and O–H groups in total. The smallest absolute Gasteiger partial charge is 0.288 e. The predicted molar refractivity (Wildman–Crippen MR) is 81.8 cm³/mol. The van der Waals surface area contributed by atoms with Crippen LogP contribution < -0.4 is 5.32 Å². The van der Waals surface area contributed by atoms with E-state index < -0.39 is 15.9 Å². The van der Waals surface area contributed by atoms with Crippen LogP contribution in [0.4, 0.5) is 0 Å². The Morgan fingerprint density at radius 3 is 2.48 bits per heavy atom. The standard InChI is InChI=1S/C13H17Cl3N2O3/c1-8-6-18(7-9(2)21-8)12(13(14,15)16)17-11(19)10-4-3-5-20-10/h3-5,8-9,12H,6-7H2,1-2H3,(H,17,19)/t8-,9+,12-/m1/s1. The van der Waals surface area contributed by atoms with Gasteiger partial charge in [0.1, 0.15) is 6.17 Å². The Hall–Kier alpha value is -0.460. The van der Waals surface area contributed by atoms with E-state index in [2.05, 4.69) is 5.32 Å². The highest BCUT2D eigenvalue weighted by Crippen LogP contribution is 2.33. The summed E-state index contributed by atoms with van der Waals surface area (Å²) in [5.41, 5.74) is 0. The van der Waals surface area contributed by atoms with Crippen LogP contribution in [0.3, 0.4) is 0 Å². The molecule has 1 saturated heterocycles. The molecule has 2 rings (SSSR count). The number of halogens is 3. The normalized spacial score (nSPS) is 25.6. The summed E-state index contributed by atoms with van der Waals surface area (Å²) in [7, 11) is 0. The molecule has 2 heterocycles. The van der Waals surface area contributed by atoms with Crippen LogP contribution in [0.1, 0.15) is 24.4 Å². The lowest BCUT2D eigenvalue weighted by Gasteiger charge is -2.42. The first-order valence-electron chi connectivity index (χ1n) is 6.58. The quantitative estimate of drug-likeness (QED) is 0.847. The number of hydrogen-bond acceptors (Lipinski definition) is 4. The molecule has 1 amide bonds. The van der Waals surface area contributed by atoms with E-state index in [1.54, 1.807) is 12.1 Å². The van der Waals surface area contributed by atoms with E-state index in [9.17, 15) is 4.79 Å². The minimum Gasteiger partial charge on any atom is -0.459 e. The third-order valence-corrected chi connectivity index (χ3v) is 3.76. The highest BCUT2D eigenvalue weighted by Gasteiger charge is 2.41. The van der Waals surface area contributed by atoms with Crippen molar-refractivity contribution in [1.29, 1.82) is 0 Å². The fourth-order valence-electron chi connectivity index (χ4n) is 2.41. The molecule has 21 heavy (non-hydrogen) atoms. The first-order chi connectivity index (χ1) is 9.77. The maximum atomic E-state index is 12.1. The summed E-state index contributed by atoms with van der Waals surface area (Å²) in [6, 6.07) is 3.17. The van der Waals surface area contributed by atoms with Crippen LogP contribution in [0.5, 0.6) is 0 Å². The monoisotopic (exact) mass is 354 g/mol. The van der Waals surface area contributed by atoms with Gasteiger partial charge in [-0.3, -0.25) is 9.69 Å². The van der Waals surface area contributed by atoms with E-state index in [-0.39, 0.29) is 18.0 Å². The Morgan fingerprint density at radius 2 is 2.00 bits per heavy atom. The number of nitrogens with one attached hydrogen (secondary N) is 1. The fraction of sp³-hybridized carbons (Fsp3) is 0.615. The lowest BCUT2D eigenvalue weighted by atomic mass is 10.2. The molecule has 118 valence electrons. The minimum absolute atomic E-state index is 0.0101. The Balaban J connectivity index is 2.13. The molecule has 1 aliphatic rings. The second-order valence-corrected chi connectivity index (χ2v) is 7.48. The van der Waals surface area contributed by atoms with Crippen molar-refractivity contribution in [2.45, 2.75) is 36.0 Å². The van der Waals surface area contributed by atoms with Gasteiger partial charge in [-0.1, -0.05) is 34.8 Å². The number of alkyl halides is 3. The van der Waals surface area contributed by atoms with Gasteiger partial charge < -0.3 is 14.5 Å². The molecule has 0 saturated carbocycles. The molecule has 8 heteroatoms. The molecular weight excluding hydrogens is 339 g/mol. The van der Waals surface area contributed by atoms with Crippen molar-refractivity contribution < 1.29 is 13.9 Å². The van der Waals surface area contributed by atoms with Crippen molar-refractivity contribution >= 4 is 40.7 Å². The van der Waals surface area contributed by atoms with Gasteiger partial charge in [0.2, 0.25) is 3.79 Å². The second-order valence-electron chi connectivity index (χ2n) is 5.11. The first-order valence-corrected chi connectivity index (χ1v) is 7.71. The molecule has 1 fully saturated rings. The van der Waals surface area contributed by atoms with Crippen LogP contribution in [-0.4, -0.2) is 46.1 Å². The van der Waals surface area contributed by atoms with Crippen molar-refractivity contribution in [3.05, 3.63) is 24.2 Å². The zero-order chi connectivity index (χ0) is 15.6. The van der Waals surface area contributed by atoms with Crippen LogP contribution in [0.2, 0.25) is 0 Å². The second kappa shape index (κ2) is 6.75. The van der Waals surface area contributed by atoms with Gasteiger partial charge in [0.05, 0.1) is 18.5 Å². The predicted octanol–water partition coefficient (Wildman–Crippen LogP) is 2.81. The van der Waals surface area contributed by atoms with Crippen molar-refractivity contribution in [3.63, 3.8) is 0 Å². The number of furan rings is 1. The third kappa shape index (κ3) is 4.50. The van der Waals surface area contributed by atoms with Crippen molar-refractivity contribution in [2.75, 3.05) is 13.1 Å². The summed E-state index contributed by atoms with van der Waals surface area (Å²) in [5, 5.41) is 2.71. The summed E-state index contributed by atoms with van der Waals surface area (Å²) in [4.78, 5) is 14.0. The summed E-state index contributed by atoms with van der Waals surface area (Å²) >= 11 is 18.1. The molecule has 1 aromatic heterocycles. The molecule has 3 atom stereocenters. The summed E-state index contributed by atoms with van der Waals surface area (Å²) in [5.74, 6) is -0.258. The number of carbonyl (C=O) groups excluding carboxylic acids is 1. The number of rotatable bonds is 3.